The molecule has 3 rings (SSSR count). The fourth-order valence-corrected chi connectivity index (χ4v) is 2.75. The first-order valence-corrected chi connectivity index (χ1v) is 8.63. The molecule has 7 nitrogen and oxygen atoms in total. The van der Waals surface area contributed by atoms with E-state index in [1.54, 1.807) is 36.4 Å². The molecule has 3 aromatic rings. The number of carbonyl (C=O) groups excluding carboxylic acids is 2. The normalized spacial score (nSPS) is 10.2. The zero-order valence-corrected chi connectivity index (χ0v) is 15.8. The number of methoxy groups -OCH3 is 1. The number of benzene rings is 2. The van der Waals surface area contributed by atoms with Gasteiger partial charge in [-0.3, -0.25) is 4.79 Å². The lowest BCUT2D eigenvalue weighted by Crippen LogP contribution is -2.14. The summed E-state index contributed by atoms with van der Waals surface area (Å²) in [4.78, 5) is 24.0. The molecule has 0 spiro atoms. The van der Waals surface area contributed by atoms with E-state index in [1.165, 1.54) is 7.11 Å². The van der Waals surface area contributed by atoms with Gasteiger partial charge in [-0.1, -0.05) is 12.1 Å². The maximum absolute atomic E-state index is 12.4. The minimum absolute atomic E-state index is 0.202. The van der Waals surface area contributed by atoms with Crippen LogP contribution in [0.5, 0.6) is 0 Å². The number of hydrogen-bond acceptors (Lipinski definition) is 6. The van der Waals surface area contributed by atoms with Crippen LogP contribution in [0.3, 0.4) is 0 Å². The standard InChI is InChI=1S/C21H20N4O3/c1-13-9-14(2)11-17(10-13)23-20(26)18-7-8-19(25-24-18)22-16-6-4-5-15(12-16)21(27)28-3/h4-12H,1-3H3,(H,22,25)(H,23,26). The fraction of sp³-hybridized carbons (Fsp3) is 0.143. The summed E-state index contributed by atoms with van der Waals surface area (Å²) >= 11 is 0. The molecule has 7 heteroatoms. The molecule has 0 bridgehead atoms. The second kappa shape index (κ2) is 8.30. The molecule has 1 amide bonds. The molecule has 0 unspecified atom stereocenters. The summed E-state index contributed by atoms with van der Waals surface area (Å²) in [5, 5.41) is 13.9. The van der Waals surface area contributed by atoms with Gasteiger partial charge < -0.3 is 15.4 Å². The van der Waals surface area contributed by atoms with E-state index in [0.29, 0.717) is 22.8 Å². The molecule has 0 saturated heterocycles. The van der Waals surface area contributed by atoms with Crippen molar-refractivity contribution in [1.82, 2.24) is 10.2 Å². The third kappa shape index (κ3) is 4.70. The van der Waals surface area contributed by atoms with Crippen molar-refractivity contribution in [1.29, 1.82) is 0 Å². The molecule has 0 saturated carbocycles. The van der Waals surface area contributed by atoms with Gasteiger partial charge >= 0.3 is 5.97 Å². The summed E-state index contributed by atoms with van der Waals surface area (Å²) in [5.74, 6) is -0.310. The van der Waals surface area contributed by atoms with Crippen molar-refractivity contribution in [3.63, 3.8) is 0 Å². The van der Waals surface area contributed by atoms with E-state index in [-0.39, 0.29) is 11.6 Å². The number of aromatic nitrogens is 2. The van der Waals surface area contributed by atoms with Crippen molar-refractivity contribution >= 4 is 29.1 Å². The third-order valence-corrected chi connectivity index (χ3v) is 3.93. The zero-order valence-electron chi connectivity index (χ0n) is 15.8. The monoisotopic (exact) mass is 376 g/mol. The highest BCUT2D eigenvalue weighted by Gasteiger charge is 2.10. The first-order valence-electron chi connectivity index (χ1n) is 8.63. The molecule has 0 atom stereocenters. The van der Waals surface area contributed by atoms with Crippen LogP contribution < -0.4 is 10.6 Å². The number of esters is 1. The van der Waals surface area contributed by atoms with Crippen molar-refractivity contribution in [2.45, 2.75) is 13.8 Å². The number of nitrogens with one attached hydrogen (secondary N) is 2. The molecule has 0 aliphatic heterocycles. The lowest BCUT2D eigenvalue weighted by Gasteiger charge is -2.08. The van der Waals surface area contributed by atoms with E-state index in [2.05, 4.69) is 20.8 Å². The maximum atomic E-state index is 12.4. The van der Waals surface area contributed by atoms with Crippen LogP contribution in [-0.2, 0) is 4.74 Å². The molecule has 1 heterocycles. The zero-order chi connectivity index (χ0) is 20.1. The Labute approximate surface area is 162 Å². The van der Waals surface area contributed by atoms with E-state index >= 15 is 0 Å². The highest BCUT2D eigenvalue weighted by Crippen LogP contribution is 2.17. The predicted octanol–water partition coefficient (Wildman–Crippen LogP) is 3.88. The van der Waals surface area contributed by atoms with Crippen molar-refractivity contribution in [2.24, 2.45) is 0 Å². The molecule has 0 radical (unpaired) electrons. The summed E-state index contributed by atoms with van der Waals surface area (Å²) < 4.78 is 4.71. The van der Waals surface area contributed by atoms with Crippen LogP contribution in [0.15, 0.2) is 54.6 Å². The first kappa shape index (κ1) is 19.0. The Morgan fingerprint density at radius 2 is 1.64 bits per heavy atom. The van der Waals surface area contributed by atoms with E-state index in [0.717, 1.165) is 11.1 Å². The topological polar surface area (TPSA) is 93.2 Å². The highest BCUT2D eigenvalue weighted by molar-refractivity contribution is 6.02. The van der Waals surface area contributed by atoms with Gasteiger partial charge in [-0.25, -0.2) is 4.79 Å². The fourth-order valence-electron chi connectivity index (χ4n) is 2.75. The van der Waals surface area contributed by atoms with Crippen molar-refractivity contribution in [3.05, 3.63) is 77.0 Å². The maximum Gasteiger partial charge on any atom is 0.337 e. The molecular formula is C21H20N4O3. The second-order valence-corrected chi connectivity index (χ2v) is 6.33. The van der Waals surface area contributed by atoms with Crippen molar-refractivity contribution < 1.29 is 14.3 Å². The van der Waals surface area contributed by atoms with Crippen LogP contribution in [0, 0.1) is 13.8 Å². The predicted molar refractivity (Wildman–Crippen MR) is 107 cm³/mol. The van der Waals surface area contributed by atoms with E-state index in [9.17, 15) is 9.59 Å². The van der Waals surface area contributed by atoms with Gasteiger partial charge in [-0.15, -0.1) is 10.2 Å². The quantitative estimate of drug-likeness (QED) is 0.657. The number of anilines is 3. The number of hydrogen-bond donors (Lipinski definition) is 2. The Bertz CT molecular complexity index is 996. The molecule has 142 valence electrons. The highest BCUT2D eigenvalue weighted by atomic mass is 16.5. The van der Waals surface area contributed by atoms with Gasteiger partial charge in [0.1, 0.15) is 0 Å². The number of carbonyl (C=O) groups is 2. The van der Waals surface area contributed by atoms with Crippen LogP contribution in [0.4, 0.5) is 17.2 Å². The molecule has 0 aliphatic rings. The molecule has 0 aliphatic carbocycles. The van der Waals surface area contributed by atoms with E-state index in [4.69, 9.17) is 4.74 Å². The number of ether oxygens (including phenoxy) is 1. The van der Waals surface area contributed by atoms with Crippen LogP contribution >= 0.6 is 0 Å². The Morgan fingerprint density at radius 3 is 2.29 bits per heavy atom. The average molecular weight is 376 g/mol. The number of rotatable bonds is 5. The van der Waals surface area contributed by atoms with Gasteiger partial charge in [0.05, 0.1) is 12.7 Å². The summed E-state index contributed by atoms with van der Waals surface area (Å²) in [7, 11) is 1.33. The SMILES string of the molecule is COC(=O)c1cccc(Nc2ccc(C(=O)Nc3cc(C)cc(C)c3)nn2)c1. The Balaban J connectivity index is 1.69. The molecule has 2 N–H and O–H groups in total. The van der Waals surface area contributed by atoms with Gasteiger partial charge in [0.25, 0.3) is 5.91 Å². The van der Waals surface area contributed by atoms with Gasteiger partial charge in [-0.2, -0.15) is 0 Å². The van der Waals surface area contributed by atoms with Gasteiger partial charge in [-0.05, 0) is 67.4 Å². The van der Waals surface area contributed by atoms with Crippen LogP contribution in [-0.4, -0.2) is 29.2 Å². The smallest absolute Gasteiger partial charge is 0.337 e. The van der Waals surface area contributed by atoms with E-state index in [1.807, 2.05) is 32.0 Å². The summed E-state index contributed by atoms with van der Waals surface area (Å²) in [5.41, 5.74) is 4.12. The van der Waals surface area contributed by atoms with Crippen LogP contribution in [0.1, 0.15) is 32.0 Å². The van der Waals surface area contributed by atoms with Gasteiger partial charge in [0, 0.05) is 11.4 Å². The van der Waals surface area contributed by atoms with E-state index < -0.39 is 5.97 Å². The lowest BCUT2D eigenvalue weighted by molar-refractivity contribution is 0.0600. The molecule has 28 heavy (non-hydrogen) atoms. The number of amides is 1. The van der Waals surface area contributed by atoms with Crippen LogP contribution in [0.2, 0.25) is 0 Å². The van der Waals surface area contributed by atoms with Crippen molar-refractivity contribution in [3.8, 4) is 0 Å². The van der Waals surface area contributed by atoms with Gasteiger partial charge in [0.2, 0.25) is 0 Å². The minimum Gasteiger partial charge on any atom is -0.465 e. The average Bonchev–Trinajstić information content (AvgIpc) is 2.67. The number of aryl methyl sites for hydroxylation is 2. The van der Waals surface area contributed by atoms with Gasteiger partial charge in [0.15, 0.2) is 11.5 Å². The summed E-state index contributed by atoms with van der Waals surface area (Å²) in [6.45, 7) is 3.94. The minimum atomic E-state index is -0.423. The number of nitrogens with zero attached hydrogens (tertiary/aromatic N) is 2. The Kier molecular flexibility index (Phi) is 5.64. The third-order valence-electron chi connectivity index (χ3n) is 3.93. The first-order chi connectivity index (χ1) is 13.4. The molecule has 0 fully saturated rings. The Hall–Kier alpha value is -3.74. The molecule has 1 aromatic heterocycles. The Morgan fingerprint density at radius 1 is 0.893 bits per heavy atom. The molecular weight excluding hydrogens is 356 g/mol. The lowest BCUT2D eigenvalue weighted by atomic mass is 10.1. The summed E-state index contributed by atoms with van der Waals surface area (Å²) in [6.07, 6.45) is 0. The summed E-state index contributed by atoms with van der Waals surface area (Å²) in [6, 6.07) is 15.9. The van der Waals surface area contributed by atoms with Crippen LogP contribution in [0.25, 0.3) is 0 Å². The van der Waals surface area contributed by atoms with Crippen molar-refractivity contribution in [2.75, 3.05) is 17.7 Å². The second-order valence-electron chi connectivity index (χ2n) is 6.33. The molecule has 2 aromatic carbocycles. The largest absolute Gasteiger partial charge is 0.465 e.